The van der Waals surface area contributed by atoms with Gasteiger partial charge >= 0.3 is 0 Å². The predicted molar refractivity (Wildman–Crippen MR) is 53.5 cm³/mol. The largest absolute Gasteiger partial charge is 0.740 e. The Bertz CT molecular complexity index is 482. The number of hydrogen-bond donors (Lipinski definition) is 0. The number of fused-ring (bicyclic) bond motifs is 1. The second-order valence-corrected chi connectivity index (χ2v) is 3.34. The van der Waals surface area contributed by atoms with E-state index in [1.54, 1.807) is 12.1 Å². The Labute approximate surface area is 103 Å². The Morgan fingerprint density at radius 2 is 1.73 bits per heavy atom. The molecule has 15 heavy (non-hydrogen) atoms. The molecule has 0 spiro atoms. The molecule has 0 bridgehead atoms. The molecule has 0 aromatic heterocycles. The van der Waals surface area contributed by atoms with Crippen LogP contribution in [-0.2, 0) is 30.8 Å². The average Bonchev–Trinajstić information content (AvgIpc) is 2.18. The molecule has 0 saturated heterocycles. The summed E-state index contributed by atoms with van der Waals surface area (Å²) in [6.45, 7) is 0. The zero-order valence-electron chi connectivity index (χ0n) is 7.88. The molecule has 0 saturated carbocycles. The van der Waals surface area contributed by atoms with E-state index in [-0.39, 0.29) is 19.5 Å². The Balaban J connectivity index is 0.00000112. The fourth-order valence-electron chi connectivity index (χ4n) is 1.34. The molecule has 1 unspecified atom stereocenters. The van der Waals surface area contributed by atoms with Crippen LogP contribution in [0.4, 0.5) is 0 Å². The second kappa shape index (κ2) is 5.35. The molecule has 74 valence electrons. The van der Waals surface area contributed by atoms with Crippen molar-refractivity contribution in [1.82, 2.24) is 0 Å². The maximum Gasteiger partial charge on any atom is 0.147 e. The zero-order chi connectivity index (χ0) is 9.97. The SMILES string of the molecule is O=S([O-])Oc1cccc2ccccc12.[Zn]. The summed E-state index contributed by atoms with van der Waals surface area (Å²) < 4.78 is 25.4. The van der Waals surface area contributed by atoms with Gasteiger partial charge in [0.1, 0.15) is 17.1 Å². The van der Waals surface area contributed by atoms with Crippen LogP contribution in [0.3, 0.4) is 0 Å². The summed E-state index contributed by atoms with van der Waals surface area (Å²) in [5, 5.41) is 1.75. The summed E-state index contributed by atoms with van der Waals surface area (Å²) in [5.41, 5.74) is 0. The molecule has 0 heterocycles. The van der Waals surface area contributed by atoms with Gasteiger partial charge in [-0.15, -0.1) is 0 Å². The van der Waals surface area contributed by atoms with Crippen molar-refractivity contribution in [2.75, 3.05) is 0 Å². The van der Waals surface area contributed by atoms with E-state index in [0.29, 0.717) is 5.75 Å². The topological polar surface area (TPSA) is 49.4 Å². The fourth-order valence-corrected chi connectivity index (χ4v) is 1.63. The Morgan fingerprint density at radius 3 is 2.47 bits per heavy atom. The van der Waals surface area contributed by atoms with Crippen LogP contribution >= 0.6 is 0 Å². The minimum Gasteiger partial charge on any atom is -0.740 e. The molecule has 2 aromatic carbocycles. The van der Waals surface area contributed by atoms with E-state index in [1.165, 1.54) is 0 Å². The van der Waals surface area contributed by atoms with E-state index in [1.807, 2.05) is 30.3 Å². The summed E-state index contributed by atoms with van der Waals surface area (Å²) in [6, 6.07) is 12.7. The minimum absolute atomic E-state index is 0. The molecule has 0 radical (unpaired) electrons. The van der Waals surface area contributed by atoms with E-state index < -0.39 is 11.4 Å². The molecule has 0 N–H and O–H groups in total. The third-order valence-corrected chi connectivity index (χ3v) is 2.22. The zero-order valence-corrected chi connectivity index (χ0v) is 11.7. The third-order valence-electron chi connectivity index (χ3n) is 1.91. The van der Waals surface area contributed by atoms with Crippen LogP contribution in [0.5, 0.6) is 5.75 Å². The van der Waals surface area contributed by atoms with Crippen LogP contribution in [0.15, 0.2) is 42.5 Å². The first-order chi connectivity index (χ1) is 6.77. The summed E-state index contributed by atoms with van der Waals surface area (Å²) in [6.07, 6.45) is 0. The molecule has 3 nitrogen and oxygen atoms in total. The van der Waals surface area contributed by atoms with E-state index >= 15 is 0 Å². The van der Waals surface area contributed by atoms with Gasteiger partial charge in [-0.1, -0.05) is 36.4 Å². The van der Waals surface area contributed by atoms with Gasteiger partial charge < -0.3 is 8.74 Å². The molecule has 1 atom stereocenters. The van der Waals surface area contributed by atoms with Crippen molar-refractivity contribution in [3.05, 3.63) is 42.5 Å². The van der Waals surface area contributed by atoms with Gasteiger partial charge in [0.2, 0.25) is 0 Å². The van der Waals surface area contributed by atoms with E-state index in [4.69, 9.17) is 0 Å². The van der Waals surface area contributed by atoms with Crippen molar-refractivity contribution in [1.29, 1.82) is 0 Å². The molecule has 2 rings (SSSR count). The van der Waals surface area contributed by atoms with Gasteiger partial charge in [0.05, 0.1) is 0 Å². The molecule has 5 heteroatoms. The minimum atomic E-state index is -2.52. The fraction of sp³-hybridized carbons (Fsp3) is 0. The molecular formula is C10H7O3SZn-. The van der Waals surface area contributed by atoms with E-state index in [9.17, 15) is 8.76 Å². The summed E-state index contributed by atoms with van der Waals surface area (Å²) in [4.78, 5) is 0. The van der Waals surface area contributed by atoms with Gasteiger partial charge in [0.25, 0.3) is 0 Å². The van der Waals surface area contributed by atoms with Gasteiger partial charge in [-0.3, -0.25) is 0 Å². The van der Waals surface area contributed by atoms with E-state index in [0.717, 1.165) is 10.8 Å². The van der Waals surface area contributed by atoms with Crippen molar-refractivity contribution in [3.8, 4) is 5.75 Å². The van der Waals surface area contributed by atoms with Gasteiger partial charge in [-0.25, -0.2) is 4.21 Å². The van der Waals surface area contributed by atoms with Gasteiger partial charge in [-0.2, -0.15) is 0 Å². The Kier molecular flexibility index (Phi) is 4.39. The molecule has 0 amide bonds. The van der Waals surface area contributed by atoms with Crippen LogP contribution in [0, 0.1) is 0 Å². The van der Waals surface area contributed by atoms with Crippen molar-refractivity contribution in [2.24, 2.45) is 0 Å². The number of rotatable bonds is 2. The molecule has 0 aliphatic heterocycles. The second-order valence-electron chi connectivity index (χ2n) is 2.76. The first kappa shape index (κ1) is 12.3. The maximum absolute atomic E-state index is 10.4. The van der Waals surface area contributed by atoms with Gasteiger partial charge in [0.15, 0.2) is 0 Å². The van der Waals surface area contributed by atoms with Crippen LogP contribution < -0.4 is 4.18 Å². The standard InChI is InChI=1S/C10H8O3S.Zn/c11-14(12)13-10-7-3-5-8-4-1-2-6-9(8)10;/h1-7H,(H,11,12);/p-1. The maximum atomic E-state index is 10.4. The summed E-state index contributed by atoms with van der Waals surface area (Å²) >= 11 is -2.52. The van der Waals surface area contributed by atoms with Crippen LogP contribution in [0.1, 0.15) is 0 Å². The monoisotopic (exact) mass is 271 g/mol. The van der Waals surface area contributed by atoms with Gasteiger partial charge in [0, 0.05) is 24.9 Å². The third kappa shape index (κ3) is 2.84. The molecule has 0 aliphatic carbocycles. The first-order valence-electron chi connectivity index (χ1n) is 4.03. The van der Waals surface area contributed by atoms with Crippen LogP contribution in [0.25, 0.3) is 10.8 Å². The molecule has 2 aromatic rings. The van der Waals surface area contributed by atoms with Crippen LogP contribution in [0.2, 0.25) is 0 Å². The van der Waals surface area contributed by atoms with Crippen molar-refractivity contribution >= 4 is 22.1 Å². The normalized spacial score (nSPS) is 11.8. The summed E-state index contributed by atoms with van der Waals surface area (Å²) in [5.74, 6) is 0.358. The molecular weight excluding hydrogens is 266 g/mol. The average molecular weight is 273 g/mol. The molecule has 0 fully saturated rings. The first-order valence-corrected chi connectivity index (χ1v) is 5.03. The number of benzene rings is 2. The quantitative estimate of drug-likeness (QED) is 0.621. The van der Waals surface area contributed by atoms with Crippen molar-refractivity contribution in [3.63, 3.8) is 0 Å². The number of hydrogen-bond acceptors (Lipinski definition) is 3. The van der Waals surface area contributed by atoms with Crippen LogP contribution in [-0.4, -0.2) is 8.76 Å². The Morgan fingerprint density at radius 1 is 1.07 bits per heavy atom. The van der Waals surface area contributed by atoms with Crippen molar-refractivity contribution in [2.45, 2.75) is 0 Å². The van der Waals surface area contributed by atoms with E-state index in [2.05, 4.69) is 4.18 Å². The summed E-state index contributed by atoms with van der Waals surface area (Å²) in [7, 11) is 0. The van der Waals surface area contributed by atoms with Gasteiger partial charge in [-0.05, 0) is 11.5 Å². The Hall–Kier alpha value is -0.767. The predicted octanol–water partition coefficient (Wildman–Crippen LogP) is 2.01. The van der Waals surface area contributed by atoms with Crippen molar-refractivity contribution < 1.29 is 32.4 Å². The smallest absolute Gasteiger partial charge is 0.147 e. The molecule has 0 aliphatic rings.